The average Bonchev–Trinajstić information content (AvgIpc) is 3.06. The molecule has 0 radical (unpaired) electrons. The van der Waals surface area contributed by atoms with Crippen LogP contribution in [0.4, 0.5) is 5.69 Å². The molecule has 148 valence electrons. The third kappa shape index (κ3) is 4.91. The molecule has 1 aromatic carbocycles. The van der Waals surface area contributed by atoms with E-state index >= 15 is 0 Å². The summed E-state index contributed by atoms with van der Waals surface area (Å²) in [5.74, 6) is 2.20. The van der Waals surface area contributed by atoms with Gasteiger partial charge < -0.3 is 14.6 Å². The van der Waals surface area contributed by atoms with E-state index in [1.54, 1.807) is 12.1 Å². The first-order chi connectivity index (χ1) is 13.3. The number of furan rings is 1. The van der Waals surface area contributed by atoms with Gasteiger partial charge in [-0.15, -0.1) is 0 Å². The Bertz CT molecular complexity index is 887. The van der Waals surface area contributed by atoms with Crippen LogP contribution in [-0.2, 0) is 4.79 Å². The fourth-order valence-corrected chi connectivity index (χ4v) is 3.78. The second-order valence-electron chi connectivity index (χ2n) is 7.96. The average molecular weight is 380 g/mol. The number of likely N-dealkylation sites (tertiary alicyclic amines) is 1. The number of carbonyl (C=O) groups excluding carboxylic acids is 2. The summed E-state index contributed by atoms with van der Waals surface area (Å²) >= 11 is 0. The van der Waals surface area contributed by atoms with Gasteiger partial charge in [0, 0.05) is 30.4 Å². The second-order valence-corrected chi connectivity index (χ2v) is 7.96. The summed E-state index contributed by atoms with van der Waals surface area (Å²) in [6.07, 6.45) is 4.21. The van der Waals surface area contributed by atoms with Crippen LogP contribution in [0.5, 0.6) is 0 Å². The van der Waals surface area contributed by atoms with E-state index in [-0.39, 0.29) is 11.8 Å². The topological polar surface area (TPSA) is 62.6 Å². The number of hydrogen-bond acceptors (Lipinski definition) is 3. The minimum atomic E-state index is -0.262. The van der Waals surface area contributed by atoms with Crippen LogP contribution in [0.1, 0.15) is 47.7 Å². The van der Waals surface area contributed by atoms with Crippen LogP contribution in [0, 0.1) is 25.7 Å². The smallest absolute Gasteiger partial charge is 0.253 e. The highest BCUT2D eigenvalue weighted by atomic mass is 16.3. The Hall–Kier alpha value is -2.82. The maximum atomic E-state index is 12.9. The van der Waals surface area contributed by atoms with Gasteiger partial charge in [0.1, 0.15) is 11.5 Å². The number of piperidine rings is 1. The fourth-order valence-electron chi connectivity index (χ4n) is 3.78. The lowest BCUT2D eigenvalue weighted by Gasteiger charge is -2.35. The Morgan fingerprint density at radius 2 is 1.82 bits per heavy atom. The van der Waals surface area contributed by atoms with Gasteiger partial charge in [0.2, 0.25) is 5.91 Å². The lowest BCUT2D eigenvalue weighted by molar-refractivity contribution is -0.111. The van der Waals surface area contributed by atoms with Crippen molar-refractivity contribution in [2.45, 2.75) is 34.1 Å². The molecule has 0 aliphatic carbocycles. The van der Waals surface area contributed by atoms with E-state index in [2.05, 4.69) is 19.2 Å². The lowest BCUT2D eigenvalue weighted by atomic mass is 9.91. The second kappa shape index (κ2) is 8.46. The monoisotopic (exact) mass is 380 g/mol. The van der Waals surface area contributed by atoms with E-state index in [0.29, 0.717) is 28.8 Å². The molecule has 2 amide bonds. The van der Waals surface area contributed by atoms with Crippen molar-refractivity contribution in [3.05, 3.63) is 59.1 Å². The van der Waals surface area contributed by atoms with Crippen LogP contribution < -0.4 is 5.32 Å². The first-order valence-corrected chi connectivity index (χ1v) is 9.77. The molecule has 1 saturated heterocycles. The van der Waals surface area contributed by atoms with E-state index in [1.165, 1.54) is 6.08 Å². The van der Waals surface area contributed by atoms with E-state index in [9.17, 15) is 9.59 Å². The van der Waals surface area contributed by atoms with Crippen LogP contribution >= 0.6 is 0 Å². The van der Waals surface area contributed by atoms with E-state index in [4.69, 9.17) is 4.42 Å². The number of anilines is 1. The van der Waals surface area contributed by atoms with Gasteiger partial charge >= 0.3 is 0 Å². The number of nitrogens with zero attached hydrogens (tertiary/aromatic N) is 1. The van der Waals surface area contributed by atoms with Crippen LogP contribution in [0.15, 0.2) is 40.8 Å². The number of hydrogen-bond donors (Lipinski definition) is 1. The van der Waals surface area contributed by atoms with Crippen molar-refractivity contribution in [1.29, 1.82) is 0 Å². The summed E-state index contributed by atoms with van der Waals surface area (Å²) in [7, 11) is 0. The molecular weight excluding hydrogens is 352 g/mol. The van der Waals surface area contributed by atoms with Gasteiger partial charge in [-0.2, -0.15) is 0 Å². The van der Waals surface area contributed by atoms with Crippen LogP contribution in [-0.4, -0.2) is 29.8 Å². The van der Waals surface area contributed by atoms with Gasteiger partial charge in [-0.1, -0.05) is 19.9 Å². The van der Waals surface area contributed by atoms with Gasteiger partial charge in [-0.3, -0.25) is 9.59 Å². The van der Waals surface area contributed by atoms with Gasteiger partial charge in [-0.05, 0) is 68.0 Å². The lowest BCUT2D eigenvalue weighted by Crippen LogP contribution is -2.42. The molecule has 2 unspecified atom stereocenters. The maximum absolute atomic E-state index is 12.9. The summed E-state index contributed by atoms with van der Waals surface area (Å²) in [5, 5.41) is 2.86. The summed E-state index contributed by atoms with van der Waals surface area (Å²) in [5.41, 5.74) is 2.16. The molecule has 0 saturated carbocycles. The summed E-state index contributed by atoms with van der Waals surface area (Å²) < 4.78 is 5.43. The van der Waals surface area contributed by atoms with E-state index in [1.807, 2.05) is 43.0 Å². The van der Waals surface area contributed by atoms with Crippen molar-refractivity contribution in [2.24, 2.45) is 11.8 Å². The van der Waals surface area contributed by atoms with Gasteiger partial charge in [0.15, 0.2) is 0 Å². The number of carbonyl (C=O) groups is 2. The number of aryl methyl sites for hydroxylation is 2. The van der Waals surface area contributed by atoms with Crippen molar-refractivity contribution in [3.8, 4) is 0 Å². The van der Waals surface area contributed by atoms with Crippen molar-refractivity contribution < 1.29 is 14.0 Å². The summed E-state index contributed by atoms with van der Waals surface area (Å²) in [6.45, 7) is 9.70. The molecule has 28 heavy (non-hydrogen) atoms. The first kappa shape index (κ1) is 19.9. The van der Waals surface area contributed by atoms with Crippen molar-refractivity contribution >= 4 is 23.6 Å². The van der Waals surface area contributed by atoms with Crippen LogP contribution in [0.3, 0.4) is 0 Å². The predicted octanol–water partition coefficient (Wildman–Crippen LogP) is 4.67. The predicted molar refractivity (Wildman–Crippen MR) is 111 cm³/mol. The minimum absolute atomic E-state index is 0.0236. The molecule has 2 aromatic rings. The molecule has 1 aliphatic heterocycles. The molecule has 1 aliphatic rings. The third-order valence-corrected chi connectivity index (χ3v) is 5.06. The SMILES string of the molecule is Cc1ccc(/C=C/C(=O)Nc2cc(C(=O)N3CC(C)CC(C)C3)ccc2C)o1. The highest BCUT2D eigenvalue weighted by Crippen LogP contribution is 2.24. The van der Waals surface area contributed by atoms with Crippen LogP contribution in [0.2, 0.25) is 0 Å². The van der Waals surface area contributed by atoms with Crippen molar-refractivity contribution in [1.82, 2.24) is 4.90 Å². The quantitative estimate of drug-likeness (QED) is 0.784. The van der Waals surface area contributed by atoms with Crippen LogP contribution in [0.25, 0.3) is 6.08 Å². The van der Waals surface area contributed by atoms with Gasteiger partial charge in [-0.25, -0.2) is 0 Å². The highest BCUT2D eigenvalue weighted by molar-refractivity contribution is 6.03. The zero-order valence-electron chi connectivity index (χ0n) is 17.0. The highest BCUT2D eigenvalue weighted by Gasteiger charge is 2.26. The number of amides is 2. The molecule has 5 nitrogen and oxygen atoms in total. The van der Waals surface area contributed by atoms with E-state index in [0.717, 1.165) is 30.8 Å². The molecule has 0 spiro atoms. The number of rotatable bonds is 4. The summed E-state index contributed by atoms with van der Waals surface area (Å²) in [6, 6.07) is 9.13. The molecule has 2 heterocycles. The molecule has 1 fully saturated rings. The molecule has 0 bridgehead atoms. The maximum Gasteiger partial charge on any atom is 0.253 e. The molecule has 3 rings (SSSR count). The third-order valence-electron chi connectivity index (χ3n) is 5.06. The first-order valence-electron chi connectivity index (χ1n) is 9.77. The zero-order chi connectivity index (χ0) is 20.3. The molecular formula is C23H28N2O3. The Morgan fingerprint density at radius 3 is 2.46 bits per heavy atom. The Kier molecular flexibility index (Phi) is 6.02. The number of nitrogens with one attached hydrogen (secondary N) is 1. The van der Waals surface area contributed by atoms with Gasteiger partial charge in [0.05, 0.1) is 0 Å². The fraction of sp³-hybridized carbons (Fsp3) is 0.391. The summed E-state index contributed by atoms with van der Waals surface area (Å²) in [4.78, 5) is 27.1. The Morgan fingerprint density at radius 1 is 1.11 bits per heavy atom. The normalized spacial score (nSPS) is 19.8. The van der Waals surface area contributed by atoms with Gasteiger partial charge in [0.25, 0.3) is 5.91 Å². The van der Waals surface area contributed by atoms with Crippen molar-refractivity contribution in [2.75, 3.05) is 18.4 Å². The molecule has 1 aromatic heterocycles. The number of benzene rings is 1. The molecule has 5 heteroatoms. The largest absolute Gasteiger partial charge is 0.462 e. The standard InChI is InChI=1S/C23H28N2O3/c1-15-11-16(2)14-25(13-15)23(27)19-7-5-17(3)21(12-19)24-22(26)10-9-20-8-6-18(4)28-20/h5-10,12,15-16H,11,13-14H2,1-4H3,(H,24,26)/b10-9+. The van der Waals surface area contributed by atoms with E-state index < -0.39 is 0 Å². The minimum Gasteiger partial charge on any atom is -0.462 e. The van der Waals surface area contributed by atoms with Crippen molar-refractivity contribution in [3.63, 3.8) is 0 Å². The zero-order valence-corrected chi connectivity index (χ0v) is 17.0. The Balaban J connectivity index is 1.71. The molecule has 1 N–H and O–H groups in total. The molecule has 2 atom stereocenters. The Labute approximate surface area is 166 Å².